The number of rotatable bonds is 7. The molecule has 0 spiro atoms. The van der Waals surface area contributed by atoms with Gasteiger partial charge < -0.3 is 10.0 Å². The van der Waals surface area contributed by atoms with Crippen LogP contribution >= 0.6 is 0 Å². The number of fused-ring (bicyclic) bond motifs is 1. The van der Waals surface area contributed by atoms with Gasteiger partial charge in [0, 0.05) is 34.7 Å². The number of halogens is 1. The van der Waals surface area contributed by atoms with Crippen molar-refractivity contribution in [2.75, 3.05) is 10.2 Å². The zero-order chi connectivity index (χ0) is 33.6. The monoisotopic (exact) mass is 622 g/mol. The van der Waals surface area contributed by atoms with E-state index in [1.54, 1.807) is 34.8 Å². The molecule has 0 unspecified atom stereocenters. The second kappa shape index (κ2) is 12.0. The fourth-order valence-corrected chi connectivity index (χ4v) is 5.63. The molecule has 0 saturated heterocycles. The van der Waals surface area contributed by atoms with Crippen molar-refractivity contribution < 1.29 is 19.1 Å². The number of hydrogen-bond acceptors (Lipinski definition) is 6. The summed E-state index contributed by atoms with van der Waals surface area (Å²) in [6.45, 7) is 14.0. The van der Waals surface area contributed by atoms with Gasteiger partial charge in [-0.15, -0.1) is 0 Å². The maximum absolute atomic E-state index is 15.8. The summed E-state index contributed by atoms with van der Waals surface area (Å²) in [5.74, 6) is 0.634. The molecule has 1 amide bonds. The minimum absolute atomic E-state index is 0.127. The molecule has 0 saturated carbocycles. The number of carbonyl (C=O) groups is 2. The van der Waals surface area contributed by atoms with Crippen molar-refractivity contribution in [2.45, 2.75) is 65.8 Å². The standard InChI is InChI=1S/C36H39FN6O3/c1-21(44)23-14-17-27(37)28(18-23)43(20-29-38-32(41-42(29)8)22-12-10-9-11-13-22)24-15-16-25-26(19-24)30(35(2,3)4)31(36(5,6)7)39-33(25)40-34(45)46/h9-19H,20H2,1-8H3,(H,39,40)(H,45,46). The van der Waals surface area contributed by atoms with Crippen LogP contribution in [0, 0.1) is 5.82 Å². The molecular formula is C36H39FN6O3. The van der Waals surface area contributed by atoms with Crippen LogP contribution in [0.2, 0.25) is 0 Å². The van der Waals surface area contributed by atoms with Crippen LogP contribution in [-0.4, -0.2) is 36.7 Å². The predicted octanol–water partition coefficient (Wildman–Crippen LogP) is 8.40. The van der Waals surface area contributed by atoms with E-state index in [9.17, 15) is 14.7 Å². The zero-order valence-electron chi connectivity index (χ0n) is 27.4. The van der Waals surface area contributed by atoms with E-state index in [4.69, 9.17) is 9.97 Å². The van der Waals surface area contributed by atoms with Crippen LogP contribution in [0.15, 0.2) is 66.7 Å². The fourth-order valence-electron chi connectivity index (χ4n) is 5.63. The number of anilines is 3. The van der Waals surface area contributed by atoms with Gasteiger partial charge in [-0.25, -0.2) is 19.2 Å². The fraction of sp³-hybridized carbons (Fsp3) is 0.306. The number of carboxylic acid groups (broad SMARTS) is 1. The average Bonchev–Trinajstić information content (AvgIpc) is 3.34. The quantitative estimate of drug-likeness (QED) is 0.175. The SMILES string of the molecule is CC(=O)c1ccc(F)c(N(Cc2nc(-c3ccccc3)nn2C)c2ccc3c(NC(=O)O)nc(C(C)(C)C)c(C(C)(C)C)c3c2)c1. The highest BCUT2D eigenvalue weighted by Gasteiger charge is 2.31. The molecule has 0 fully saturated rings. The number of benzene rings is 3. The van der Waals surface area contributed by atoms with Gasteiger partial charge in [-0.3, -0.25) is 14.8 Å². The van der Waals surface area contributed by atoms with Gasteiger partial charge in [0.25, 0.3) is 0 Å². The van der Waals surface area contributed by atoms with Crippen molar-refractivity contribution in [1.29, 1.82) is 0 Å². The minimum atomic E-state index is -1.22. The molecule has 2 N–H and O–H groups in total. The third-order valence-electron chi connectivity index (χ3n) is 7.81. The number of hydrogen-bond donors (Lipinski definition) is 2. The molecule has 238 valence electrons. The summed E-state index contributed by atoms with van der Waals surface area (Å²) < 4.78 is 17.4. The Balaban J connectivity index is 1.79. The third kappa shape index (κ3) is 6.47. The smallest absolute Gasteiger partial charge is 0.410 e. The summed E-state index contributed by atoms with van der Waals surface area (Å²) in [7, 11) is 1.79. The molecule has 0 aliphatic carbocycles. The molecule has 0 atom stereocenters. The second-order valence-electron chi connectivity index (χ2n) is 13.5. The van der Waals surface area contributed by atoms with Gasteiger partial charge in [-0.05, 0) is 59.7 Å². The van der Waals surface area contributed by atoms with E-state index in [-0.39, 0.29) is 29.2 Å². The van der Waals surface area contributed by atoms with Gasteiger partial charge in [-0.2, -0.15) is 5.10 Å². The molecular weight excluding hydrogens is 583 g/mol. The van der Waals surface area contributed by atoms with Crippen molar-refractivity contribution in [3.8, 4) is 11.4 Å². The lowest BCUT2D eigenvalue weighted by Gasteiger charge is -2.32. The first-order chi connectivity index (χ1) is 21.5. The molecule has 5 aromatic rings. The Kier molecular flexibility index (Phi) is 8.42. The van der Waals surface area contributed by atoms with Crippen molar-refractivity contribution in [3.05, 3.63) is 95.2 Å². The summed E-state index contributed by atoms with van der Waals surface area (Å²) in [6, 6.07) is 19.4. The van der Waals surface area contributed by atoms with E-state index >= 15 is 4.39 Å². The Bertz CT molecular complexity index is 1960. The molecule has 9 nitrogen and oxygen atoms in total. The van der Waals surface area contributed by atoms with Gasteiger partial charge in [0.15, 0.2) is 11.6 Å². The van der Waals surface area contributed by atoms with Crippen LogP contribution < -0.4 is 10.2 Å². The van der Waals surface area contributed by atoms with E-state index < -0.39 is 17.3 Å². The summed E-state index contributed by atoms with van der Waals surface area (Å²) in [4.78, 5) is 35.7. The Hall–Kier alpha value is -5.12. The van der Waals surface area contributed by atoms with E-state index in [0.717, 1.165) is 22.2 Å². The summed E-state index contributed by atoms with van der Waals surface area (Å²) >= 11 is 0. The zero-order valence-corrected chi connectivity index (χ0v) is 27.4. The second-order valence-corrected chi connectivity index (χ2v) is 13.5. The molecule has 0 bridgehead atoms. The number of aryl methyl sites for hydroxylation is 1. The van der Waals surface area contributed by atoms with E-state index in [2.05, 4.69) is 31.2 Å². The lowest BCUT2D eigenvalue weighted by atomic mass is 9.76. The van der Waals surface area contributed by atoms with Crippen LogP contribution in [0.5, 0.6) is 0 Å². The van der Waals surface area contributed by atoms with Crippen LogP contribution in [0.1, 0.15) is 75.9 Å². The highest BCUT2D eigenvalue weighted by atomic mass is 19.1. The molecule has 0 aliphatic heterocycles. The van der Waals surface area contributed by atoms with E-state index in [1.165, 1.54) is 19.1 Å². The lowest BCUT2D eigenvalue weighted by Crippen LogP contribution is -2.26. The third-order valence-corrected chi connectivity index (χ3v) is 7.81. The van der Waals surface area contributed by atoms with Crippen LogP contribution in [0.25, 0.3) is 22.2 Å². The van der Waals surface area contributed by atoms with Gasteiger partial charge in [0.2, 0.25) is 0 Å². The van der Waals surface area contributed by atoms with Gasteiger partial charge >= 0.3 is 6.09 Å². The maximum Gasteiger partial charge on any atom is 0.410 e. The van der Waals surface area contributed by atoms with Crippen molar-refractivity contribution in [2.24, 2.45) is 7.05 Å². The normalized spacial score (nSPS) is 11.9. The Morgan fingerprint density at radius 1 is 0.913 bits per heavy atom. The number of Topliss-reactive ketones (excluding diaryl/α,β-unsaturated/α-hetero) is 1. The lowest BCUT2D eigenvalue weighted by molar-refractivity contribution is 0.101. The van der Waals surface area contributed by atoms with Crippen LogP contribution in [0.4, 0.5) is 26.4 Å². The number of amides is 1. The van der Waals surface area contributed by atoms with Gasteiger partial charge in [0.1, 0.15) is 17.5 Å². The van der Waals surface area contributed by atoms with Crippen LogP contribution in [0.3, 0.4) is 0 Å². The largest absolute Gasteiger partial charge is 0.465 e. The maximum atomic E-state index is 15.8. The van der Waals surface area contributed by atoms with Crippen molar-refractivity contribution in [3.63, 3.8) is 0 Å². The van der Waals surface area contributed by atoms with Crippen LogP contribution in [-0.2, 0) is 24.4 Å². The number of nitrogens with one attached hydrogen (secondary N) is 1. The number of nitrogens with zero attached hydrogens (tertiary/aromatic N) is 5. The minimum Gasteiger partial charge on any atom is -0.465 e. The molecule has 0 radical (unpaired) electrons. The summed E-state index contributed by atoms with van der Waals surface area (Å²) in [5.41, 5.74) is 2.94. The summed E-state index contributed by atoms with van der Waals surface area (Å²) in [6.07, 6.45) is -1.22. The topological polar surface area (TPSA) is 113 Å². The molecule has 2 heterocycles. The van der Waals surface area contributed by atoms with Gasteiger partial charge in [0.05, 0.1) is 17.9 Å². The summed E-state index contributed by atoms with van der Waals surface area (Å²) in [5, 5.41) is 18.2. The number of aromatic nitrogens is 4. The first kappa shape index (κ1) is 32.3. The molecule has 0 aliphatic rings. The first-order valence-electron chi connectivity index (χ1n) is 15.1. The van der Waals surface area contributed by atoms with E-state index in [1.807, 2.05) is 57.2 Å². The molecule has 3 aromatic carbocycles. The Morgan fingerprint density at radius 2 is 1.61 bits per heavy atom. The van der Waals surface area contributed by atoms with Crippen molar-refractivity contribution in [1.82, 2.24) is 19.7 Å². The number of pyridine rings is 1. The Morgan fingerprint density at radius 3 is 2.22 bits per heavy atom. The molecule has 10 heteroatoms. The van der Waals surface area contributed by atoms with Crippen molar-refractivity contribution >= 4 is 39.8 Å². The first-order valence-corrected chi connectivity index (χ1v) is 15.1. The highest BCUT2D eigenvalue weighted by molar-refractivity contribution is 6.02. The van der Waals surface area contributed by atoms with Gasteiger partial charge in [-0.1, -0.05) is 71.9 Å². The number of ketones is 1. The van der Waals surface area contributed by atoms with E-state index in [0.29, 0.717) is 28.3 Å². The average molecular weight is 623 g/mol. The predicted molar refractivity (Wildman–Crippen MR) is 179 cm³/mol. The molecule has 5 rings (SSSR count). The highest BCUT2D eigenvalue weighted by Crippen LogP contribution is 2.42. The molecule has 2 aromatic heterocycles. The Labute approximate surface area is 268 Å². The number of carbonyl (C=O) groups excluding carboxylic acids is 1. The molecule has 46 heavy (non-hydrogen) atoms.